The van der Waals surface area contributed by atoms with Crippen LogP contribution in [0.3, 0.4) is 0 Å². The molecule has 1 N–H and O–H groups in total. The Bertz CT molecular complexity index is 455. The van der Waals surface area contributed by atoms with Gasteiger partial charge in [-0.2, -0.15) is 0 Å². The van der Waals surface area contributed by atoms with Gasteiger partial charge in [0, 0.05) is 7.05 Å². The van der Waals surface area contributed by atoms with E-state index in [0.717, 1.165) is 12.0 Å². The topological polar surface area (TPSA) is 40.5 Å². The van der Waals surface area contributed by atoms with Crippen LogP contribution in [0, 0.1) is 0 Å². The van der Waals surface area contributed by atoms with Crippen LogP contribution in [0.1, 0.15) is 17.5 Å². The molecule has 0 aromatic heterocycles. The fourth-order valence-corrected chi connectivity index (χ4v) is 2.46. The van der Waals surface area contributed by atoms with Gasteiger partial charge < -0.3 is 10.0 Å². The van der Waals surface area contributed by atoms with E-state index in [1.165, 1.54) is 16.5 Å². The minimum Gasteiger partial charge on any atom is -0.383 e. The van der Waals surface area contributed by atoms with Crippen molar-refractivity contribution in [3.63, 3.8) is 0 Å². The highest BCUT2D eigenvalue weighted by molar-refractivity contribution is 5.86. The van der Waals surface area contributed by atoms with Crippen LogP contribution in [-0.2, 0) is 16.8 Å². The van der Waals surface area contributed by atoms with Crippen LogP contribution in [0.5, 0.6) is 0 Å². The monoisotopic (exact) mass is 231 g/mol. The van der Waals surface area contributed by atoms with E-state index >= 15 is 0 Å². The quantitative estimate of drug-likeness (QED) is 0.800. The number of fused-ring (bicyclic) bond motifs is 1. The molecule has 1 aromatic rings. The van der Waals surface area contributed by atoms with Crippen molar-refractivity contribution in [1.29, 1.82) is 0 Å². The molecule has 1 aromatic carbocycles. The maximum atomic E-state index is 11.5. The zero-order valence-corrected chi connectivity index (χ0v) is 10.0. The van der Waals surface area contributed by atoms with E-state index in [1.54, 1.807) is 7.05 Å². The zero-order valence-electron chi connectivity index (χ0n) is 10.0. The van der Waals surface area contributed by atoms with Gasteiger partial charge in [-0.05, 0) is 30.0 Å². The van der Waals surface area contributed by atoms with E-state index in [-0.39, 0.29) is 5.91 Å². The van der Waals surface area contributed by atoms with Crippen molar-refractivity contribution in [2.45, 2.75) is 18.4 Å². The Morgan fingerprint density at radius 3 is 3.00 bits per heavy atom. The average molecular weight is 231 g/mol. The van der Waals surface area contributed by atoms with Crippen molar-refractivity contribution in [2.24, 2.45) is 0 Å². The van der Waals surface area contributed by atoms with Crippen LogP contribution in [0.15, 0.2) is 36.9 Å². The molecule has 0 radical (unpaired) electrons. The van der Waals surface area contributed by atoms with Gasteiger partial charge in [0.15, 0.2) is 0 Å². The molecule has 0 heterocycles. The summed E-state index contributed by atoms with van der Waals surface area (Å²) in [6.45, 7) is 3.76. The molecule has 1 aliphatic rings. The van der Waals surface area contributed by atoms with Crippen molar-refractivity contribution in [2.75, 3.05) is 13.6 Å². The van der Waals surface area contributed by atoms with Crippen LogP contribution >= 0.6 is 0 Å². The Labute approximate surface area is 101 Å². The highest BCUT2D eigenvalue weighted by atomic mass is 16.3. The van der Waals surface area contributed by atoms with E-state index in [4.69, 9.17) is 0 Å². The number of aliphatic hydroxyl groups is 1. The van der Waals surface area contributed by atoms with Crippen molar-refractivity contribution in [3.05, 3.63) is 48.0 Å². The van der Waals surface area contributed by atoms with Crippen LogP contribution < -0.4 is 0 Å². The van der Waals surface area contributed by atoms with Crippen LogP contribution in [0.2, 0.25) is 0 Å². The Hall–Kier alpha value is -1.61. The third-order valence-electron chi connectivity index (χ3n) is 3.38. The second-order valence-electron chi connectivity index (χ2n) is 4.59. The van der Waals surface area contributed by atoms with Gasteiger partial charge >= 0.3 is 0 Å². The first kappa shape index (κ1) is 11.9. The van der Waals surface area contributed by atoms with Crippen molar-refractivity contribution < 1.29 is 9.90 Å². The van der Waals surface area contributed by atoms with Crippen LogP contribution in [0.4, 0.5) is 0 Å². The minimum atomic E-state index is -0.913. The summed E-state index contributed by atoms with van der Waals surface area (Å²) >= 11 is 0. The van der Waals surface area contributed by atoms with Gasteiger partial charge in [-0.25, -0.2) is 0 Å². The number of benzene rings is 1. The summed E-state index contributed by atoms with van der Waals surface area (Å²) < 4.78 is 0. The summed E-state index contributed by atoms with van der Waals surface area (Å²) in [5, 5.41) is 10.6. The Morgan fingerprint density at radius 2 is 2.29 bits per heavy atom. The molecule has 1 amide bonds. The smallest absolute Gasteiger partial charge is 0.245 e. The van der Waals surface area contributed by atoms with Gasteiger partial charge in [0.2, 0.25) is 5.91 Å². The predicted molar refractivity (Wildman–Crippen MR) is 66.5 cm³/mol. The molecule has 1 unspecified atom stereocenters. The molecule has 3 heteroatoms. The highest BCUT2D eigenvalue weighted by Crippen LogP contribution is 2.37. The average Bonchev–Trinajstić information content (AvgIpc) is 2.67. The summed E-state index contributed by atoms with van der Waals surface area (Å²) in [6, 6.07) is 7.87. The van der Waals surface area contributed by atoms with E-state index in [0.29, 0.717) is 13.0 Å². The lowest BCUT2D eigenvalue weighted by molar-refractivity contribution is -0.128. The molecule has 0 aliphatic heterocycles. The van der Waals surface area contributed by atoms with Crippen molar-refractivity contribution in [3.8, 4) is 0 Å². The third kappa shape index (κ3) is 2.11. The fourth-order valence-electron chi connectivity index (χ4n) is 2.46. The Morgan fingerprint density at radius 1 is 1.59 bits per heavy atom. The summed E-state index contributed by atoms with van der Waals surface area (Å²) in [6.07, 6.45) is 2.80. The summed E-state index contributed by atoms with van der Waals surface area (Å²) in [5.41, 5.74) is 1.21. The van der Waals surface area contributed by atoms with E-state index in [1.807, 2.05) is 24.3 Å². The van der Waals surface area contributed by atoms with E-state index < -0.39 is 5.60 Å². The maximum absolute atomic E-state index is 11.5. The molecule has 2 rings (SSSR count). The van der Waals surface area contributed by atoms with Crippen molar-refractivity contribution >= 4 is 5.91 Å². The van der Waals surface area contributed by atoms with Gasteiger partial charge in [-0.15, -0.1) is 0 Å². The number of amides is 1. The van der Waals surface area contributed by atoms with Gasteiger partial charge in [0.05, 0.1) is 6.54 Å². The van der Waals surface area contributed by atoms with Crippen LogP contribution in [-0.4, -0.2) is 29.5 Å². The SMILES string of the molecule is C=CC(=O)N(C)CC1(O)CCc2ccccc21. The predicted octanol–water partition coefficient (Wildman–Crippen LogP) is 1.46. The van der Waals surface area contributed by atoms with Gasteiger partial charge in [-0.1, -0.05) is 30.8 Å². The number of rotatable bonds is 3. The molecule has 0 spiro atoms. The molecule has 0 saturated carbocycles. The summed E-state index contributed by atoms with van der Waals surface area (Å²) in [5.74, 6) is -0.164. The van der Waals surface area contributed by atoms with Gasteiger partial charge in [0.25, 0.3) is 0 Å². The molecule has 17 heavy (non-hydrogen) atoms. The Kier molecular flexibility index (Phi) is 3.03. The summed E-state index contributed by atoms with van der Waals surface area (Å²) in [4.78, 5) is 13.0. The van der Waals surface area contributed by atoms with Gasteiger partial charge in [-0.3, -0.25) is 4.79 Å². The van der Waals surface area contributed by atoms with E-state index in [9.17, 15) is 9.90 Å². The molecule has 0 fully saturated rings. The first-order valence-electron chi connectivity index (χ1n) is 5.75. The lowest BCUT2D eigenvalue weighted by Gasteiger charge is -2.29. The number of aryl methyl sites for hydroxylation is 1. The number of carbonyl (C=O) groups is 1. The largest absolute Gasteiger partial charge is 0.383 e. The molecule has 0 bridgehead atoms. The third-order valence-corrected chi connectivity index (χ3v) is 3.38. The molecule has 90 valence electrons. The lowest BCUT2D eigenvalue weighted by atomic mass is 9.95. The fraction of sp³-hybridized carbons (Fsp3) is 0.357. The molecule has 3 nitrogen and oxygen atoms in total. The second kappa shape index (κ2) is 4.34. The standard InChI is InChI=1S/C14H17NO2/c1-3-13(16)15(2)10-14(17)9-8-11-6-4-5-7-12(11)14/h3-7,17H,1,8-10H2,2H3. The molecule has 1 atom stereocenters. The first-order valence-corrected chi connectivity index (χ1v) is 5.75. The number of likely N-dealkylation sites (N-methyl/N-ethyl adjacent to an activating group) is 1. The Balaban J connectivity index is 2.22. The first-order chi connectivity index (χ1) is 8.07. The van der Waals surface area contributed by atoms with Crippen LogP contribution in [0.25, 0.3) is 0 Å². The molecular formula is C14H17NO2. The highest BCUT2D eigenvalue weighted by Gasteiger charge is 2.37. The molecule has 1 aliphatic carbocycles. The van der Waals surface area contributed by atoms with E-state index in [2.05, 4.69) is 6.58 Å². The van der Waals surface area contributed by atoms with Gasteiger partial charge in [0.1, 0.15) is 5.60 Å². The number of hydrogen-bond donors (Lipinski definition) is 1. The maximum Gasteiger partial charge on any atom is 0.245 e. The molecular weight excluding hydrogens is 214 g/mol. The van der Waals surface area contributed by atoms with Crippen molar-refractivity contribution in [1.82, 2.24) is 4.90 Å². The number of nitrogens with zero attached hydrogens (tertiary/aromatic N) is 1. The second-order valence-corrected chi connectivity index (χ2v) is 4.59. The number of carbonyl (C=O) groups excluding carboxylic acids is 1. The zero-order chi connectivity index (χ0) is 12.5. The number of hydrogen-bond acceptors (Lipinski definition) is 2. The lowest BCUT2D eigenvalue weighted by Crippen LogP contribution is -2.39. The molecule has 0 saturated heterocycles. The minimum absolute atomic E-state index is 0.164. The summed E-state index contributed by atoms with van der Waals surface area (Å²) in [7, 11) is 1.68. The normalized spacial score (nSPS) is 22.0.